The molecule has 0 aliphatic carbocycles. The summed E-state index contributed by atoms with van der Waals surface area (Å²) in [6, 6.07) is 12.1. The van der Waals surface area contributed by atoms with Gasteiger partial charge in [0, 0.05) is 19.0 Å². The van der Waals surface area contributed by atoms with Gasteiger partial charge >= 0.3 is 0 Å². The van der Waals surface area contributed by atoms with Crippen molar-refractivity contribution in [2.45, 2.75) is 45.1 Å². The zero-order chi connectivity index (χ0) is 25.2. The van der Waals surface area contributed by atoms with E-state index in [-0.39, 0.29) is 48.1 Å². The van der Waals surface area contributed by atoms with Gasteiger partial charge in [-0.25, -0.2) is 13.8 Å². The number of ether oxygens (including phenoxy) is 1. The second-order valence-corrected chi connectivity index (χ2v) is 9.39. The molecule has 1 N–H and O–H groups in total. The molecule has 0 spiro atoms. The summed E-state index contributed by atoms with van der Waals surface area (Å²) < 4.78 is 34.3. The van der Waals surface area contributed by atoms with Gasteiger partial charge in [-0.05, 0) is 55.2 Å². The third-order valence-electron chi connectivity index (χ3n) is 7.06. The fourth-order valence-corrected chi connectivity index (χ4v) is 4.85. The topological polar surface area (TPSA) is 76.5 Å². The highest BCUT2D eigenvalue weighted by atomic mass is 19.1. The molecule has 0 unspecified atom stereocenters. The lowest BCUT2D eigenvalue weighted by atomic mass is 9.95. The number of aromatic nitrogens is 2. The SMILES string of the molecule is C[C@H](NC(=O)C1CCN(C(=O)c2ncn3c2CO[C@@H](c2ccc(F)cc2)C3)CC1)c1ccc(F)cc1. The first kappa shape index (κ1) is 24.1. The van der Waals surface area contributed by atoms with Gasteiger partial charge in [-0.15, -0.1) is 0 Å². The molecule has 1 fully saturated rings. The lowest BCUT2D eigenvalue weighted by Gasteiger charge is -2.32. The van der Waals surface area contributed by atoms with Crippen molar-refractivity contribution in [3.63, 3.8) is 0 Å². The van der Waals surface area contributed by atoms with Crippen LogP contribution in [-0.2, 0) is 22.7 Å². The number of fused-ring (bicyclic) bond motifs is 1. The van der Waals surface area contributed by atoms with Crippen molar-refractivity contribution in [2.75, 3.05) is 13.1 Å². The standard InChI is InChI=1S/C27H28F2N4O3/c1-17(18-2-6-21(28)7-3-18)31-26(34)20-10-12-32(13-11-20)27(35)25-23-15-36-24(14-33(23)16-30-25)19-4-8-22(29)9-5-19/h2-9,16-17,20,24H,10-15H2,1H3,(H,31,34)/t17-,24+/m0/s1. The van der Waals surface area contributed by atoms with Gasteiger partial charge in [0.1, 0.15) is 17.7 Å². The number of rotatable bonds is 5. The van der Waals surface area contributed by atoms with Crippen LogP contribution in [0.3, 0.4) is 0 Å². The van der Waals surface area contributed by atoms with Crippen molar-refractivity contribution in [3.05, 3.63) is 89.0 Å². The van der Waals surface area contributed by atoms with Gasteiger partial charge in [-0.1, -0.05) is 24.3 Å². The Kier molecular flexibility index (Phi) is 6.82. The first-order valence-corrected chi connectivity index (χ1v) is 12.1. The number of nitrogens with zero attached hydrogens (tertiary/aromatic N) is 3. The smallest absolute Gasteiger partial charge is 0.274 e. The first-order chi connectivity index (χ1) is 17.4. The minimum absolute atomic E-state index is 0.0569. The monoisotopic (exact) mass is 494 g/mol. The molecule has 0 radical (unpaired) electrons. The Hall–Kier alpha value is -3.59. The van der Waals surface area contributed by atoms with Crippen LogP contribution in [-0.4, -0.2) is 39.4 Å². The second-order valence-electron chi connectivity index (χ2n) is 9.39. The maximum absolute atomic E-state index is 13.2. The molecule has 2 aliphatic heterocycles. The minimum Gasteiger partial charge on any atom is -0.365 e. The highest BCUT2D eigenvalue weighted by Gasteiger charge is 2.32. The van der Waals surface area contributed by atoms with Crippen LogP contribution >= 0.6 is 0 Å². The number of carbonyl (C=O) groups excluding carboxylic acids is 2. The van der Waals surface area contributed by atoms with E-state index in [4.69, 9.17) is 4.74 Å². The molecule has 0 saturated carbocycles. The predicted octanol–water partition coefficient (Wildman–Crippen LogP) is 4.16. The summed E-state index contributed by atoms with van der Waals surface area (Å²) in [5.74, 6) is -1.01. The average molecular weight is 495 g/mol. The van der Waals surface area contributed by atoms with Gasteiger partial charge < -0.3 is 19.5 Å². The fourth-order valence-electron chi connectivity index (χ4n) is 4.85. The van der Waals surface area contributed by atoms with Crippen molar-refractivity contribution in [1.29, 1.82) is 0 Å². The van der Waals surface area contributed by atoms with E-state index in [9.17, 15) is 18.4 Å². The number of likely N-dealkylation sites (tertiary alicyclic amines) is 1. The van der Waals surface area contributed by atoms with E-state index in [0.29, 0.717) is 38.2 Å². The predicted molar refractivity (Wildman–Crippen MR) is 128 cm³/mol. The van der Waals surface area contributed by atoms with E-state index in [0.717, 1.165) is 16.8 Å². The van der Waals surface area contributed by atoms with E-state index >= 15 is 0 Å². The quantitative estimate of drug-likeness (QED) is 0.578. The van der Waals surface area contributed by atoms with Crippen LogP contribution in [0, 0.1) is 17.6 Å². The Labute approximate surface area is 208 Å². The highest BCUT2D eigenvalue weighted by Crippen LogP contribution is 2.29. The zero-order valence-corrected chi connectivity index (χ0v) is 20.0. The van der Waals surface area contributed by atoms with Gasteiger partial charge in [0.25, 0.3) is 5.91 Å². The van der Waals surface area contributed by atoms with Crippen molar-refractivity contribution in [1.82, 2.24) is 19.8 Å². The van der Waals surface area contributed by atoms with Crippen molar-refractivity contribution >= 4 is 11.8 Å². The molecule has 0 bridgehead atoms. The van der Waals surface area contributed by atoms with Crippen LogP contribution in [0.4, 0.5) is 8.78 Å². The molecule has 2 amide bonds. The summed E-state index contributed by atoms with van der Waals surface area (Å²) in [7, 11) is 0. The molecule has 7 nitrogen and oxygen atoms in total. The number of piperidine rings is 1. The molecule has 2 aliphatic rings. The molecule has 2 atom stereocenters. The number of imidazole rings is 1. The first-order valence-electron chi connectivity index (χ1n) is 12.1. The number of hydrogen-bond acceptors (Lipinski definition) is 4. The third-order valence-corrected chi connectivity index (χ3v) is 7.06. The van der Waals surface area contributed by atoms with Crippen LogP contribution in [0.1, 0.15) is 59.2 Å². The fraction of sp³-hybridized carbons (Fsp3) is 0.370. The lowest BCUT2D eigenvalue weighted by molar-refractivity contribution is -0.127. The van der Waals surface area contributed by atoms with E-state index in [2.05, 4.69) is 10.3 Å². The Morgan fingerprint density at radius 2 is 1.67 bits per heavy atom. The number of halogens is 2. The van der Waals surface area contributed by atoms with Gasteiger partial charge in [-0.2, -0.15) is 0 Å². The molecule has 1 aromatic heterocycles. The molecule has 3 aromatic rings. The van der Waals surface area contributed by atoms with E-state index in [1.807, 2.05) is 11.5 Å². The van der Waals surface area contributed by atoms with Crippen LogP contribution in [0.2, 0.25) is 0 Å². The molecule has 36 heavy (non-hydrogen) atoms. The minimum atomic E-state index is -0.312. The molecular weight excluding hydrogens is 466 g/mol. The summed E-state index contributed by atoms with van der Waals surface area (Å²) in [5, 5.41) is 3.00. The van der Waals surface area contributed by atoms with Gasteiger partial charge in [-0.3, -0.25) is 9.59 Å². The number of benzene rings is 2. The van der Waals surface area contributed by atoms with Crippen molar-refractivity contribution in [2.24, 2.45) is 5.92 Å². The number of amides is 2. The van der Waals surface area contributed by atoms with Gasteiger partial charge in [0.05, 0.1) is 31.2 Å². The number of hydrogen-bond donors (Lipinski definition) is 1. The third kappa shape index (κ3) is 5.02. The zero-order valence-electron chi connectivity index (χ0n) is 20.0. The molecule has 2 aromatic carbocycles. The summed E-state index contributed by atoms with van der Waals surface area (Å²) in [6.07, 6.45) is 2.54. The van der Waals surface area contributed by atoms with E-state index < -0.39 is 0 Å². The van der Waals surface area contributed by atoms with Crippen LogP contribution in [0.15, 0.2) is 54.9 Å². The Morgan fingerprint density at radius 1 is 1.03 bits per heavy atom. The molecular formula is C27H28F2N4O3. The Bertz CT molecular complexity index is 1230. The summed E-state index contributed by atoms with van der Waals surface area (Å²) in [6.45, 7) is 3.54. The lowest BCUT2D eigenvalue weighted by Crippen LogP contribution is -2.43. The number of nitrogens with one attached hydrogen (secondary N) is 1. The summed E-state index contributed by atoms with van der Waals surface area (Å²) >= 11 is 0. The summed E-state index contributed by atoms with van der Waals surface area (Å²) in [4.78, 5) is 32.1. The average Bonchev–Trinajstić information content (AvgIpc) is 3.32. The maximum atomic E-state index is 13.2. The Balaban J connectivity index is 1.16. The van der Waals surface area contributed by atoms with Gasteiger partial charge in [0.2, 0.25) is 5.91 Å². The molecule has 1 saturated heterocycles. The number of carbonyl (C=O) groups is 2. The second kappa shape index (κ2) is 10.2. The summed E-state index contributed by atoms with van der Waals surface area (Å²) in [5.41, 5.74) is 2.82. The normalized spacial score (nSPS) is 19.0. The van der Waals surface area contributed by atoms with Crippen LogP contribution < -0.4 is 5.32 Å². The van der Waals surface area contributed by atoms with Crippen molar-refractivity contribution in [3.8, 4) is 0 Å². The largest absolute Gasteiger partial charge is 0.365 e. The van der Waals surface area contributed by atoms with Crippen molar-refractivity contribution < 1.29 is 23.1 Å². The molecule has 3 heterocycles. The highest BCUT2D eigenvalue weighted by molar-refractivity contribution is 5.93. The Morgan fingerprint density at radius 3 is 2.33 bits per heavy atom. The van der Waals surface area contributed by atoms with E-state index in [1.165, 1.54) is 24.3 Å². The van der Waals surface area contributed by atoms with Crippen LogP contribution in [0.25, 0.3) is 0 Å². The molecule has 9 heteroatoms. The van der Waals surface area contributed by atoms with E-state index in [1.54, 1.807) is 35.5 Å². The van der Waals surface area contributed by atoms with Crippen LogP contribution in [0.5, 0.6) is 0 Å². The maximum Gasteiger partial charge on any atom is 0.274 e. The van der Waals surface area contributed by atoms with Gasteiger partial charge in [0.15, 0.2) is 5.69 Å². The molecule has 188 valence electrons. The molecule has 5 rings (SSSR count).